The Labute approximate surface area is 270 Å². The van der Waals surface area contributed by atoms with Crippen molar-refractivity contribution in [1.29, 1.82) is 10.8 Å². The number of carbonyl (C=O) groups excluding carboxylic acids is 1. The van der Waals surface area contributed by atoms with Crippen molar-refractivity contribution in [2.45, 2.75) is 95.6 Å². The van der Waals surface area contributed by atoms with Gasteiger partial charge >= 0.3 is 0 Å². The number of Topliss-reactive ketones (excluding diaryl/α,β-unsaturated/α-hetero) is 1. The van der Waals surface area contributed by atoms with Crippen LogP contribution in [0.4, 0.5) is 0 Å². The van der Waals surface area contributed by atoms with Crippen molar-refractivity contribution < 1.29 is 9.53 Å². The summed E-state index contributed by atoms with van der Waals surface area (Å²) in [5.41, 5.74) is 1.83. The van der Waals surface area contributed by atoms with Crippen LogP contribution in [0, 0.1) is 10.8 Å². The first-order chi connectivity index (χ1) is 21.9. The van der Waals surface area contributed by atoms with Crippen molar-refractivity contribution in [3.63, 3.8) is 0 Å². The number of carbonyl (C=O) groups is 1. The molecule has 240 valence electrons. The van der Waals surface area contributed by atoms with Crippen LogP contribution in [0.2, 0.25) is 0 Å². The second-order valence-corrected chi connectivity index (χ2v) is 13.5. The van der Waals surface area contributed by atoms with Gasteiger partial charge in [0.05, 0.1) is 11.8 Å². The molecule has 1 atom stereocenters. The van der Waals surface area contributed by atoms with Crippen LogP contribution < -0.4 is 4.74 Å². The lowest BCUT2D eigenvalue weighted by molar-refractivity contribution is -0.112. The average Bonchev–Trinajstić information content (AvgIpc) is 3.06. The second kappa shape index (κ2) is 15.8. The number of hydrogen-bond donors (Lipinski definition) is 2. The first kappa shape index (κ1) is 33.0. The number of fused-ring (bicyclic) bond motifs is 1. The number of hydrogen-bond acceptors (Lipinski definition) is 6. The minimum Gasteiger partial charge on any atom is -0.491 e. The summed E-state index contributed by atoms with van der Waals surface area (Å²) >= 11 is 0. The van der Waals surface area contributed by atoms with Crippen LogP contribution in [-0.2, 0) is 16.6 Å². The summed E-state index contributed by atoms with van der Waals surface area (Å²) in [7, 11) is 0. The van der Waals surface area contributed by atoms with Gasteiger partial charge in [-0.25, -0.2) is 0 Å². The molecule has 0 aromatic heterocycles. The lowest BCUT2D eigenvalue weighted by Gasteiger charge is -2.42. The molecule has 45 heavy (non-hydrogen) atoms. The highest BCUT2D eigenvalue weighted by Gasteiger charge is 2.37. The van der Waals surface area contributed by atoms with Gasteiger partial charge < -0.3 is 25.4 Å². The fourth-order valence-electron chi connectivity index (χ4n) is 7.60. The van der Waals surface area contributed by atoms with Gasteiger partial charge in [-0.2, -0.15) is 0 Å². The summed E-state index contributed by atoms with van der Waals surface area (Å²) in [4.78, 5) is 19.0. The molecule has 2 saturated heterocycles. The second-order valence-electron chi connectivity index (χ2n) is 13.5. The molecule has 2 aliphatic rings. The van der Waals surface area contributed by atoms with Gasteiger partial charge in [-0.3, -0.25) is 4.79 Å². The minimum absolute atomic E-state index is 0.0555. The third-order valence-corrected chi connectivity index (χ3v) is 9.99. The maximum atomic E-state index is 13.7. The zero-order chi connectivity index (χ0) is 31.6. The summed E-state index contributed by atoms with van der Waals surface area (Å²) in [6, 6.07) is 23.4. The Morgan fingerprint density at radius 2 is 1.69 bits per heavy atom. The monoisotopic (exact) mass is 608 g/mol. The molecule has 0 amide bonds. The smallest absolute Gasteiger partial charge is 0.180 e. The van der Waals surface area contributed by atoms with Crippen molar-refractivity contribution in [2.75, 3.05) is 32.7 Å². The first-order valence-corrected chi connectivity index (χ1v) is 17.2. The van der Waals surface area contributed by atoms with E-state index in [1.54, 1.807) is 0 Å². The Kier molecular flexibility index (Phi) is 11.6. The highest BCUT2D eigenvalue weighted by Crippen LogP contribution is 2.41. The van der Waals surface area contributed by atoms with E-state index in [1.807, 2.05) is 38.1 Å². The zero-order valence-corrected chi connectivity index (χ0v) is 27.4. The van der Waals surface area contributed by atoms with Crippen LogP contribution in [0.25, 0.3) is 10.8 Å². The fraction of sp³-hybridized carbons (Fsp3) is 0.513. The number of likely N-dealkylation sites (tertiary alicyclic amines) is 2. The Balaban J connectivity index is 1.37. The van der Waals surface area contributed by atoms with Gasteiger partial charge in [0, 0.05) is 24.3 Å². The number of piperidine rings is 2. The molecule has 2 heterocycles. The van der Waals surface area contributed by atoms with Crippen LogP contribution >= 0.6 is 0 Å². The third kappa shape index (κ3) is 8.68. The average molecular weight is 609 g/mol. The normalized spacial score (nSPS) is 18.1. The van der Waals surface area contributed by atoms with Gasteiger partial charge in [0.25, 0.3) is 0 Å². The van der Waals surface area contributed by atoms with E-state index in [2.05, 4.69) is 52.3 Å². The zero-order valence-electron chi connectivity index (χ0n) is 27.4. The lowest BCUT2D eigenvalue weighted by atomic mass is 9.68. The van der Waals surface area contributed by atoms with E-state index in [0.717, 1.165) is 43.8 Å². The fourth-order valence-corrected chi connectivity index (χ4v) is 7.60. The maximum absolute atomic E-state index is 13.7. The van der Waals surface area contributed by atoms with Crippen molar-refractivity contribution in [2.24, 2.45) is 0 Å². The van der Waals surface area contributed by atoms with E-state index < -0.39 is 5.41 Å². The summed E-state index contributed by atoms with van der Waals surface area (Å²) < 4.78 is 5.86. The summed E-state index contributed by atoms with van der Waals surface area (Å²) in [6.45, 7) is 9.62. The van der Waals surface area contributed by atoms with E-state index in [9.17, 15) is 4.79 Å². The molecule has 3 aromatic carbocycles. The molecule has 0 bridgehead atoms. The van der Waals surface area contributed by atoms with Crippen molar-refractivity contribution in [1.82, 2.24) is 9.80 Å². The van der Waals surface area contributed by atoms with Crippen molar-refractivity contribution in [3.8, 4) is 5.75 Å². The van der Waals surface area contributed by atoms with Crippen molar-refractivity contribution in [3.05, 3.63) is 77.9 Å². The number of ketones is 1. The van der Waals surface area contributed by atoms with E-state index >= 15 is 0 Å². The summed E-state index contributed by atoms with van der Waals surface area (Å²) in [6.07, 6.45) is 10.8. The molecular formula is C39H52N4O2. The van der Waals surface area contributed by atoms with E-state index in [4.69, 9.17) is 15.6 Å². The molecule has 3 aromatic rings. The molecule has 6 heteroatoms. The predicted octanol–water partition coefficient (Wildman–Crippen LogP) is 7.86. The first-order valence-electron chi connectivity index (χ1n) is 17.2. The minimum atomic E-state index is -0.419. The quantitative estimate of drug-likeness (QED) is 0.172. The SMILES string of the molecule is CC(C)Oc1cccc(CC(=O)C(=N)C[C@](CCC=N)(CCN2CCC(N3CCCCC3)CC2)c2cccc3ccccc23)c1. The maximum Gasteiger partial charge on any atom is 0.180 e. The van der Waals surface area contributed by atoms with Crippen LogP contribution in [0.3, 0.4) is 0 Å². The molecule has 0 radical (unpaired) electrons. The predicted molar refractivity (Wildman–Crippen MR) is 186 cm³/mol. The molecular weight excluding hydrogens is 556 g/mol. The lowest BCUT2D eigenvalue weighted by Crippen LogP contribution is -2.47. The molecule has 0 spiro atoms. The number of nitrogens with one attached hydrogen (secondary N) is 2. The highest BCUT2D eigenvalue weighted by atomic mass is 16.5. The Bertz CT molecular complexity index is 1430. The molecule has 0 aliphatic carbocycles. The number of ether oxygens (including phenoxy) is 1. The molecule has 2 fully saturated rings. The van der Waals surface area contributed by atoms with E-state index in [1.165, 1.54) is 67.7 Å². The van der Waals surface area contributed by atoms with Gasteiger partial charge in [-0.1, -0.05) is 61.0 Å². The third-order valence-electron chi connectivity index (χ3n) is 9.99. The molecule has 2 N–H and O–H groups in total. The summed E-state index contributed by atoms with van der Waals surface area (Å²) in [5, 5.41) is 19.5. The van der Waals surface area contributed by atoms with Crippen LogP contribution in [0.15, 0.2) is 66.7 Å². The van der Waals surface area contributed by atoms with Gasteiger partial charge in [0.2, 0.25) is 0 Å². The highest BCUT2D eigenvalue weighted by molar-refractivity contribution is 6.39. The number of rotatable bonds is 15. The Morgan fingerprint density at radius 1 is 0.956 bits per heavy atom. The Morgan fingerprint density at radius 3 is 2.44 bits per heavy atom. The molecule has 0 saturated carbocycles. The van der Waals surface area contributed by atoms with Crippen LogP contribution in [0.5, 0.6) is 5.75 Å². The van der Waals surface area contributed by atoms with E-state index in [0.29, 0.717) is 18.9 Å². The number of benzene rings is 3. The standard InChI is InChI=1S/C39H52N4O2/c1-30(2)45-34-14-8-11-31(27-34)28-38(44)37(41)29-39(19-10-21-40,36-16-9-13-32-12-4-5-15-35(32)36)20-26-42-24-17-33(18-25-42)43-22-6-3-7-23-43/h4-5,8-9,11-16,21,27,30,33,40-41H,3,6-7,10,17-20,22-26,28-29H2,1-2H3/t39-/m0/s1. The van der Waals surface area contributed by atoms with Crippen LogP contribution in [0.1, 0.15) is 82.8 Å². The number of nitrogens with zero attached hydrogens (tertiary/aromatic N) is 2. The van der Waals surface area contributed by atoms with Gasteiger partial charge in [0.15, 0.2) is 5.78 Å². The topological polar surface area (TPSA) is 80.5 Å². The summed E-state index contributed by atoms with van der Waals surface area (Å²) in [5.74, 6) is 0.612. The molecule has 0 unspecified atom stereocenters. The molecule has 6 nitrogen and oxygen atoms in total. The van der Waals surface area contributed by atoms with Gasteiger partial charge in [-0.15, -0.1) is 0 Å². The molecule has 2 aliphatic heterocycles. The Hall–Kier alpha value is -3.35. The van der Waals surface area contributed by atoms with Gasteiger partial charge in [-0.05, 0) is 132 Å². The largest absolute Gasteiger partial charge is 0.491 e. The van der Waals surface area contributed by atoms with Crippen molar-refractivity contribution >= 4 is 28.5 Å². The van der Waals surface area contributed by atoms with Gasteiger partial charge in [0.1, 0.15) is 5.75 Å². The van der Waals surface area contributed by atoms with E-state index in [-0.39, 0.29) is 24.0 Å². The van der Waals surface area contributed by atoms with Crippen LogP contribution in [-0.4, -0.2) is 72.4 Å². The molecule has 5 rings (SSSR count).